The van der Waals surface area contributed by atoms with Gasteiger partial charge in [-0.25, -0.2) is 0 Å². The summed E-state index contributed by atoms with van der Waals surface area (Å²) in [6.07, 6.45) is 2.09. The van der Waals surface area contributed by atoms with Gasteiger partial charge in [0.1, 0.15) is 0 Å². The van der Waals surface area contributed by atoms with Crippen LogP contribution in [0.25, 0.3) is 10.9 Å². The Bertz CT molecular complexity index is 825. The largest absolute Gasteiger partial charge is 0.468 e. The van der Waals surface area contributed by atoms with Gasteiger partial charge in [-0.1, -0.05) is 18.2 Å². The summed E-state index contributed by atoms with van der Waals surface area (Å²) in [5.74, 6) is -1.03. The number of hydrogen-bond donors (Lipinski definition) is 1. The number of ether oxygens (including phenoxy) is 2. The standard InChI is InChI=1S/C19H22N2O4/c1-24-17(22)19(18(23)25-2)9-5-10-21-11-8-13-12-6-3-4-7-14(12)20-15(13)16(19)21/h3-4,6-7,16,20H,5,8-11H2,1-2H3. The lowest BCUT2D eigenvalue weighted by molar-refractivity contribution is -0.180. The number of aromatic amines is 1. The van der Waals surface area contributed by atoms with Gasteiger partial charge in [-0.15, -0.1) is 0 Å². The van der Waals surface area contributed by atoms with Gasteiger partial charge < -0.3 is 14.5 Å². The zero-order valence-corrected chi connectivity index (χ0v) is 14.5. The number of H-pyrrole nitrogens is 1. The molecule has 6 heteroatoms. The summed E-state index contributed by atoms with van der Waals surface area (Å²) in [7, 11) is 2.67. The highest BCUT2D eigenvalue weighted by molar-refractivity contribution is 6.01. The third kappa shape index (κ3) is 2.13. The zero-order valence-electron chi connectivity index (χ0n) is 14.5. The number of aromatic nitrogens is 1. The fourth-order valence-corrected chi connectivity index (χ4v) is 4.66. The number of rotatable bonds is 2. The maximum absolute atomic E-state index is 12.8. The van der Waals surface area contributed by atoms with Crippen LogP contribution in [0.2, 0.25) is 0 Å². The second-order valence-corrected chi connectivity index (χ2v) is 6.81. The fourth-order valence-electron chi connectivity index (χ4n) is 4.66. The van der Waals surface area contributed by atoms with E-state index in [1.165, 1.54) is 19.8 Å². The van der Waals surface area contributed by atoms with Gasteiger partial charge in [0.05, 0.1) is 20.3 Å². The number of esters is 2. The number of methoxy groups -OCH3 is 2. The Hall–Kier alpha value is -2.34. The molecule has 6 nitrogen and oxygen atoms in total. The van der Waals surface area contributed by atoms with E-state index in [1.54, 1.807) is 0 Å². The maximum atomic E-state index is 12.8. The average Bonchev–Trinajstić information content (AvgIpc) is 3.04. The number of nitrogens with one attached hydrogen (secondary N) is 1. The minimum absolute atomic E-state index is 0.378. The van der Waals surface area contributed by atoms with Crippen LogP contribution in [0.4, 0.5) is 0 Å². The summed E-state index contributed by atoms with van der Waals surface area (Å²) < 4.78 is 10.1. The first-order chi connectivity index (χ1) is 12.1. The topological polar surface area (TPSA) is 71.6 Å². The summed E-state index contributed by atoms with van der Waals surface area (Å²) in [6.45, 7) is 1.67. The molecule has 2 aliphatic rings. The van der Waals surface area contributed by atoms with Crippen molar-refractivity contribution in [1.29, 1.82) is 0 Å². The van der Waals surface area contributed by atoms with Crippen molar-refractivity contribution in [2.24, 2.45) is 5.41 Å². The number of nitrogens with zero attached hydrogens (tertiary/aromatic N) is 1. The normalized spacial score (nSPS) is 22.1. The van der Waals surface area contributed by atoms with Gasteiger partial charge in [-0.3, -0.25) is 14.5 Å². The molecule has 1 saturated heterocycles. The lowest BCUT2D eigenvalue weighted by Crippen LogP contribution is -2.57. The van der Waals surface area contributed by atoms with E-state index in [0.717, 1.165) is 42.5 Å². The molecule has 2 aromatic rings. The Morgan fingerprint density at radius 1 is 1.16 bits per heavy atom. The zero-order chi connectivity index (χ0) is 17.6. The van der Waals surface area contributed by atoms with Gasteiger partial charge in [0.15, 0.2) is 5.41 Å². The van der Waals surface area contributed by atoms with E-state index in [2.05, 4.69) is 16.0 Å². The van der Waals surface area contributed by atoms with Crippen molar-refractivity contribution in [2.45, 2.75) is 25.3 Å². The molecule has 1 fully saturated rings. The van der Waals surface area contributed by atoms with E-state index in [0.29, 0.717) is 6.42 Å². The van der Waals surface area contributed by atoms with Crippen molar-refractivity contribution < 1.29 is 19.1 Å². The van der Waals surface area contributed by atoms with Crippen LogP contribution in [0.3, 0.4) is 0 Å². The molecule has 1 atom stereocenters. The fraction of sp³-hybridized carbons (Fsp3) is 0.474. The monoisotopic (exact) mass is 342 g/mol. The molecule has 1 aromatic carbocycles. The summed E-state index contributed by atoms with van der Waals surface area (Å²) in [5, 5.41) is 1.16. The molecule has 4 rings (SSSR count). The highest BCUT2D eigenvalue weighted by atomic mass is 16.5. The summed E-state index contributed by atoms with van der Waals surface area (Å²) in [5.41, 5.74) is 1.85. The van der Waals surface area contributed by atoms with Crippen LogP contribution in [-0.2, 0) is 25.5 Å². The molecule has 0 amide bonds. The Kier molecular flexibility index (Phi) is 3.80. The van der Waals surface area contributed by atoms with Crippen LogP contribution in [0.1, 0.15) is 30.1 Å². The van der Waals surface area contributed by atoms with Gasteiger partial charge >= 0.3 is 11.9 Å². The van der Waals surface area contributed by atoms with Gasteiger partial charge in [-0.05, 0) is 37.4 Å². The lowest BCUT2D eigenvalue weighted by Gasteiger charge is -2.48. The van der Waals surface area contributed by atoms with Crippen LogP contribution < -0.4 is 0 Å². The minimum atomic E-state index is -1.32. The van der Waals surface area contributed by atoms with Crippen molar-refractivity contribution >= 4 is 22.8 Å². The van der Waals surface area contributed by atoms with E-state index in [4.69, 9.17) is 9.47 Å². The molecule has 1 aromatic heterocycles. The molecule has 0 bridgehead atoms. The average molecular weight is 342 g/mol. The number of carbonyl (C=O) groups is 2. The first-order valence-electron chi connectivity index (χ1n) is 8.64. The predicted molar refractivity (Wildman–Crippen MR) is 92.0 cm³/mol. The van der Waals surface area contributed by atoms with Gasteiger partial charge in [0, 0.05) is 23.1 Å². The third-order valence-electron chi connectivity index (χ3n) is 5.72. The molecule has 2 aliphatic heterocycles. The molecular formula is C19H22N2O4. The van der Waals surface area contributed by atoms with Crippen molar-refractivity contribution in [3.05, 3.63) is 35.5 Å². The van der Waals surface area contributed by atoms with Gasteiger partial charge in [0.2, 0.25) is 0 Å². The predicted octanol–water partition coefficient (Wildman–Crippen LogP) is 2.19. The Balaban J connectivity index is 1.95. The summed E-state index contributed by atoms with van der Waals surface area (Å²) in [4.78, 5) is 31.3. The third-order valence-corrected chi connectivity index (χ3v) is 5.72. The number of piperidine rings is 1. The van der Waals surface area contributed by atoms with Crippen LogP contribution in [0.15, 0.2) is 24.3 Å². The smallest absolute Gasteiger partial charge is 0.325 e. The maximum Gasteiger partial charge on any atom is 0.325 e. The van der Waals surface area contributed by atoms with Crippen LogP contribution in [-0.4, -0.2) is 49.1 Å². The van der Waals surface area contributed by atoms with E-state index < -0.39 is 17.4 Å². The van der Waals surface area contributed by atoms with Crippen molar-refractivity contribution in [1.82, 2.24) is 9.88 Å². The van der Waals surface area contributed by atoms with E-state index >= 15 is 0 Å². The molecule has 132 valence electrons. The Morgan fingerprint density at radius 3 is 2.60 bits per heavy atom. The molecule has 0 aliphatic carbocycles. The Labute approximate surface area is 146 Å². The van der Waals surface area contributed by atoms with E-state index in [-0.39, 0.29) is 6.04 Å². The first-order valence-corrected chi connectivity index (χ1v) is 8.64. The van der Waals surface area contributed by atoms with Gasteiger partial charge in [0.25, 0.3) is 0 Å². The Morgan fingerprint density at radius 2 is 1.88 bits per heavy atom. The van der Waals surface area contributed by atoms with Crippen LogP contribution in [0, 0.1) is 5.41 Å². The number of benzene rings is 1. The highest BCUT2D eigenvalue weighted by Gasteiger charge is 2.60. The highest BCUT2D eigenvalue weighted by Crippen LogP contribution is 2.51. The number of fused-ring (bicyclic) bond motifs is 5. The molecule has 3 heterocycles. The number of hydrogen-bond acceptors (Lipinski definition) is 5. The van der Waals surface area contributed by atoms with Crippen molar-refractivity contribution in [3.8, 4) is 0 Å². The quantitative estimate of drug-likeness (QED) is 0.669. The molecule has 0 radical (unpaired) electrons. The summed E-state index contributed by atoms with van der Waals surface area (Å²) >= 11 is 0. The molecule has 0 saturated carbocycles. The molecule has 1 N–H and O–H groups in total. The SMILES string of the molecule is COC(=O)C1(C(=O)OC)CCCN2CCc3c([nH]c4ccccc34)C21. The first kappa shape index (κ1) is 16.1. The van der Waals surface area contributed by atoms with E-state index in [9.17, 15) is 9.59 Å². The van der Waals surface area contributed by atoms with Crippen LogP contribution in [0.5, 0.6) is 0 Å². The molecule has 1 unspecified atom stereocenters. The van der Waals surface area contributed by atoms with Crippen molar-refractivity contribution in [3.63, 3.8) is 0 Å². The van der Waals surface area contributed by atoms with Crippen molar-refractivity contribution in [2.75, 3.05) is 27.3 Å². The van der Waals surface area contributed by atoms with Crippen LogP contribution >= 0.6 is 0 Å². The minimum Gasteiger partial charge on any atom is -0.468 e. The van der Waals surface area contributed by atoms with Gasteiger partial charge in [-0.2, -0.15) is 0 Å². The second kappa shape index (κ2) is 5.88. The number of carbonyl (C=O) groups excluding carboxylic acids is 2. The summed E-state index contributed by atoms with van der Waals surface area (Å²) in [6, 6.07) is 7.73. The lowest BCUT2D eigenvalue weighted by atomic mass is 9.69. The molecule has 25 heavy (non-hydrogen) atoms. The second-order valence-electron chi connectivity index (χ2n) is 6.81. The van der Waals surface area contributed by atoms with E-state index in [1.807, 2.05) is 18.2 Å². The molecule has 0 spiro atoms. The number of para-hydroxylation sites is 1. The molecular weight excluding hydrogens is 320 g/mol.